The molecule has 0 radical (unpaired) electrons. The smallest absolute Gasteiger partial charge is 0.373 e. The van der Waals surface area contributed by atoms with Crippen LogP contribution in [-0.2, 0) is 6.18 Å². The summed E-state index contributed by atoms with van der Waals surface area (Å²) in [6.07, 6.45) is 1.83. The molecule has 4 rings (SSSR count). The van der Waals surface area contributed by atoms with E-state index in [9.17, 15) is 18.0 Å². The van der Waals surface area contributed by atoms with Crippen molar-refractivity contribution in [2.75, 3.05) is 7.05 Å². The van der Waals surface area contributed by atoms with Gasteiger partial charge in [0, 0.05) is 11.7 Å². The first-order valence-electron chi connectivity index (χ1n) is 8.54. The lowest BCUT2D eigenvalue weighted by Crippen LogP contribution is -2.56. The Balaban J connectivity index is 1.60. The molecule has 138 valence electrons. The predicted molar refractivity (Wildman–Crippen MR) is 96.1 cm³/mol. The summed E-state index contributed by atoms with van der Waals surface area (Å²) < 4.78 is 39.1. The van der Waals surface area contributed by atoms with E-state index in [0.717, 1.165) is 36.3 Å². The van der Waals surface area contributed by atoms with Crippen molar-refractivity contribution in [3.63, 3.8) is 0 Å². The third kappa shape index (κ3) is 2.78. The Kier molecular flexibility index (Phi) is 3.84. The van der Waals surface area contributed by atoms with Crippen LogP contribution in [0.2, 0.25) is 0 Å². The zero-order chi connectivity index (χ0) is 18.7. The molecule has 2 heterocycles. The van der Waals surface area contributed by atoms with Crippen LogP contribution in [0.15, 0.2) is 36.5 Å². The van der Waals surface area contributed by atoms with E-state index in [1.54, 1.807) is 6.07 Å². The van der Waals surface area contributed by atoms with Gasteiger partial charge in [-0.05, 0) is 48.5 Å². The maximum atomic E-state index is 12.9. The number of nitrogens with one attached hydrogen (secondary N) is 1. The van der Waals surface area contributed by atoms with Crippen LogP contribution in [0.4, 0.5) is 13.2 Å². The maximum Gasteiger partial charge on any atom is 0.416 e. The number of carbonyl (C=O) groups excluding carboxylic acids is 1. The Hall–Kier alpha value is -2.02. The van der Waals surface area contributed by atoms with Gasteiger partial charge in [0.05, 0.1) is 22.0 Å². The quantitative estimate of drug-likeness (QED) is 0.823. The Morgan fingerprint density at radius 1 is 1.31 bits per heavy atom. The molecule has 1 amide bonds. The first kappa shape index (κ1) is 17.4. The summed E-state index contributed by atoms with van der Waals surface area (Å²) in [6.45, 7) is 2.08. The molecule has 1 aliphatic heterocycles. The van der Waals surface area contributed by atoms with E-state index in [1.165, 1.54) is 6.07 Å². The topological polar surface area (TPSA) is 32.3 Å². The molecule has 2 unspecified atom stereocenters. The van der Waals surface area contributed by atoms with E-state index in [4.69, 9.17) is 0 Å². The van der Waals surface area contributed by atoms with Crippen molar-refractivity contribution < 1.29 is 18.0 Å². The van der Waals surface area contributed by atoms with Gasteiger partial charge in [-0.2, -0.15) is 13.2 Å². The highest BCUT2D eigenvalue weighted by Crippen LogP contribution is 2.48. The van der Waals surface area contributed by atoms with Crippen LogP contribution >= 0.6 is 11.3 Å². The highest BCUT2D eigenvalue weighted by atomic mass is 32.1. The van der Waals surface area contributed by atoms with Crippen LogP contribution in [-0.4, -0.2) is 29.4 Å². The van der Waals surface area contributed by atoms with Gasteiger partial charge in [0.15, 0.2) is 0 Å². The Morgan fingerprint density at radius 2 is 2.04 bits per heavy atom. The van der Waals surface area contributed by atoms with Gasteiger partial charge in [-0.15, -0.1) is 11.3 Å². The van der Waals surface area contributed by atoms with Crippen molar-refractivity contribution in [3.05, 3.63) is 47.0 Å². The van der Waals surface area contributed by atoms with Gasteiger partial charge in [-0.1, -0.05) is 19.1 Å². The number of halogens is 3. The molecular weight excluding hydrogens is 361 g/mol. The molecule has 1 saturated carbocycles. The summed E-state index contributed by atoms with van der Waals surface area (Å²) in [4.78, 5) is 15.4. The first-order valence-corrected chi connectivity index (χ1v) is 9.35. The third-order valence-corrected chi connectivity index (χ3v) is 6.64. The molecule has 3 nitrogen and oxygen atoms in total. The number of benzene rings is 1. The molecule has 2 atom stereocenters. The second kappa shape index (κ2) is 5.74. The normalized spacial score (nSPS) is 24.3. The lowest BCUT2D eigenvalue weighted by Gasteiger charge is -2.41. The minimum Gasteiger partial charge on any atom is -0.373 e. The number of rotatable bonds is 2. The lowest BCUT2D eigenvalue weighted by atomic mass is 9.88. The summed E-state index contributed by atoms with van der Waals surface area (Å²) in [5.41, 5.74) is -0.715. The standard InChI is InChI=1S/C19H19F3N2OS/c1-11-5-8-24(2)18(6-7-18)16(11)23-17(25)15-9-12-3-4-13(19(20,21)22)10-14(12)26-15/h3-5,8-11,16H,6-7H2,1-2H3,(H,23,25). The van der Waals surface area contributed by atoms with Crippen molar-refractivity contribution in [2.45, 2.75) is 37.5 Å². The van der Waals surface area contributed by atoms with Crippen LogP contribution < -0.4 is 5.32 Å². The summed E-state index contributed by atoms with van der Waals surface area (Å²) in [5.74, 6) is -0.00422. The van der Waals surface area contributed by atoms with Crippen molar-refractivity contribution in [2.24, 2.45) is 5.92 Å². The van der Waals surface area contributed by atoms with Crippen molar-refractivity contribution in [3.8, 4) is 0 Å². The highest BCUT2D eigenvalue weighted by Gasteiger charge is 2.55. The number of thiophene rings is 1. The fraction of sp³-hybridized carbons (Fsp3) is 0.421. The van der Waals surface area contributed by atoms with Crippen LogP contribution in [0.1, 0.15) is 35.0 Å². The number of alkyl halides is 3. The van der Waals surface area contributed by atoms with Gasteiger partial charge in [-0.25, -0.2) is 0 Å². The van der Waals surface area contributed by atoms with Crippen LogP contribution in [0.3, 0.4) is 0 Å². The number of nitrogens with zero attached hydrogens (tertiary/aromatic N) is 1. The lowest BCUT2D eigenvalue weighted by molar-refractivity contribution is -0.137. The van der Waals surface area contributed by atoms with Crippen molar-refractivity contribution in [1.82, 2.24) is 10.2 Å². The van der Waals surface area contributed by atoms with E-state index in [1.807, 2.05) is 7.05 Å². The number of hydrogen-bond acceptors (Lipinski definition) is 3. The summed E-state index contributed by atoms with van der Waals surface area (Å²) in [7, 11) is 2.02. The SMILES string of the molecule is CC1C=CN(C)C2(CC2)C1NC(=O)c1cc2ccc(C(F)(F)F)cc2s1. The van der Waals surface area contributed by atoms with Gasteiger partial charge in [0.2, 0.25) is 0 Å². The van der Waals surface area contributed by atoms with Gasteiger partial charge < -0.3 is 10.2 Å². The molecule has 2 aromatic rings. The van der Waals surface area contributed by atoms with E-state index in [2.05, 4.69) is 29.4 Å². The van der Waals surface area contributed by atoms with E-state index in [-0.39, 0.29) is 23.4 Å². The fourth-order valence-corrected chi connectivity index (χ4v) is 4.83. The molecule has 1 aromatic carbocycles. The van der Waals surface area contributed by atoms with E-state index in [0.29, 0.717) is 15.0 Å². The molecule has 7 heteroatoms. The second-order valence-corrected chi connectivity index (χ2v) is 8.31. The minimum atomic E-state index is -4.38. The number of likely N-dealkylation sites (N-methyl/N-ethyl adjacent to an activating group) is 1. The van der Waals surface area contributed by atoms with Gasteiger partial charge in [0.25, 0.3) is 5.91 Å². The minimum absolute atomic E-state index is 0.000878. The largest absolute Gasteiger partial charge is 0.416 e. The van der Waals surface area contributed by atoms with E-state index < -0.39 is 11.7 Å². The van der Waals surface area contributed by atoms with Gasteiger partial charge in [0.1, 0.15) is 0 Å². The number of fused-ring (bicyclic) bond motifs is 1. The van der Waals surface area contributed by atoms with Crippen molar-refractivity contribution >= 4 is 27.3 Å². The van der Waals surface area contributed by atoms with E-state index >= 15 is 0 Å². The Labute approximate surface area is 153 Å². The van der Waals surface area contributed by atoms with Crippen LogP contribution in [0.5, 0.6) is 0 Å². The van der Waals surface area contributed by atoms with Gasteiger partial charge >= 0.3 is 6.18 Å². The second-order valence-electron chi connectivity index (χ2n) is 7.23. The molecule has 1 N–H and O–H groups in total. The molecule has 26 heavy (non-hydrogen) atoms. The molecule has 0 bridgehead atoms. The molecule has 0 saturated heterocycles. The Bertz CT molecular complexity index is 898. The van der Waals surface area contributed by atoms with Crippen LogP contribution in [0.25, 0.3) is 10.1 Å². The fourth-order valence-electron chi connectivity index (χ4n) is 3.82. The average Bonchev–Trinajstić information content (AvgIpc) is 3.25. The number of amides is 1. The number of carbonyl (C=O) groups is 1. The maximum absolute atomic E-state index is 12.9. The highest BCUT2D eigenvalue weighted by molar-refractivity contribution is 7.20. The molecule has 1 aliphatic carbocycles. The van der Waals surface area contributed by atoms with Crippen molar-refractivity contribution in [1.29, 1.82) is 0 Å². The number of hydrogen-bond donors (Lipinski definition) is 1. The zero-order valence-corrected chi connectivity index (χ0v) is 15.2. The molecule has 1 fully saturated rings. The average molecular weight is 380 g/mol. The summed E-state index contributed by atoms with van der Waals surface area (Å²) in [6, 6.07) is 5.26. The van der Waals surface area contributed by atoms with Crippen LogP contribution in [0, 0.1) is 5.92 Å². The summed E-state index contributed by atoms with van der Waals surface area (Å²) in [5, 5.41) is 3.79. The first-order chi connectivity index (χ1) is 12.2. The van der Waals surface area contributed by atoms with Gasteiger partial charge in [-0.3, -0.25) is 4.79 Å². The molecular formula is C19H19F3N2OS. The predicted octanol–water partition coefficient (Wildman–Crippen LogP) is 4.65. The summed E-state index contributed by atoms with van der Waals surface area (Å²) >= 11 is 1.10. The zero-order valence-electron chi connectivity index (χ0n) is 14.4. The molecule has 1 spiro atoms. The third-order valence-electron chi connectivity index (χ3n) is 5.54. The Morgan fingerprint density at radius 3 is 2.69 bits per heavy atom. The molecule has 2 aliphatic rings. The molecule has 1 aromatic heterocycles. The monoisotopic (exact) mass is 380 g/mol.